The number of rotatable bonds is 6. The van der Waals surface area contributed by atoms with Gasteiger partial charge >= 0.3 is 11.8 Å². The third-order valence-electron chi connectivity index (χ3n) is 4.25. The summed E-state index contributed by atoms with van der Waals surface area (Å²) < 4.78 is 16.4. The second-order valence-electron chi connectivity index (χ2n) is 6.60. The maximum atomic E-state index is 12.0. The van der Waals surface area contributed by atoms with Crippen LogP contribution in [0.1, 0.15) is 30.7 Å². The highest BCUT2D eigenvalue weighted by molar-refractivity contribution is 6.35. The highest BCUT2D eigenvalue weighted by Gasteiger charge is 2.21. The molecule has 1 atom stereocenters. The number of benzene rings is 1. The van der Waals surface area contributed by atoms with Crippen LogP contribution in [-0.4, -0.2) is 30.4 Å². The van der Waals surface area contributed by atoms with E-state index >= 15 is 0 Å². The summed E-state index contributed by atoms with van der Waals surface area (Å²) >= 11 is 0. The molecule has 3 rings (SSSR count). The molecular weight excluding hydrogens is 390 g/mol. The van der Waals surface area contributed by atoms with Gasteiger partial charge in [0.15, 0.2) is 0 Å². The van der Waals surface area contributed by atoms with Crippen LogP contribution >= 0.6 is 0 Å². The molecular formula is C21H23N3O6. The smallest absolute Gasteiger partial charge is 0.327 e. The molecule has 9 heteroatoms. The van der Waals surface area contributed by atoms with E-state index in [1.54, 1.807) is 18.2 Å². The Bertz CT molecular complexity index is 952. The number of hydrogen-bond donors (Lipinski definition) is 3. The number of furan rings is 1. The minimum atomic E-state index is -1.00. The van der Waals surface area contributed by atoms with Gasteiger partial charge in [0.25, 0.3) is 5.91 Å². The molecule has 1 aromatic heterocycles. The summed E-state index contributed by atoms with van der Waals surface area (Å²) in [6.07, 6.45) is 5.12. The number of hydrazine groups is 1. The van der Waals surface area contributed by atoms with Gasteiger partial charge in [0.1, 0.15) is 23.4 Å². The van der Waals surface area contributed by atoms with E-state index in [9.17, 15) is 14.4 Å². The number of fused-ring (bicyclic) bond motifs is 1. The summed E-state index contributed by atoms with van der Waals surface area (Å²) in [5, 5.41) is 2.37. The third kappa shape index (κ3) is 5.40. The fourth-order valence-corrected chi connectivity index (χ4v) is 2.91. The topological polar surface area (TPSA) is 119 Å². The van der Waals surface area contributed by atoms with Crippen molar-refractivity contribution < 1.29 is 28.3 Å². The Hall–Kier alpha value is -3.75. The van der Waals surface area contributed by atoms with Gasteiger partial charge in [-0.15, -0.1) is 0 Å². The van der Waals surface area contributed by atoms with Gasteiger partial charge in [-0.2, -0.15) is 0 Å². The van der Waals surface area contributed by atoms with E-state index in [1.165, 1.54) is 12.3 Å². The van der Waals surface area contributed by atoms with Gasteiger partial charge in [0.2, 0.25) is 0 Å². The molecule has 9 nitrogen and oxygen atoms in total. The number of carbonyl (C=O) groups excluding carboxylic acids is 3. The van der Waals surface area contributed by atoms with Gasteiger partial charge < -0.3 is 19.2 Å². The summed E-state index contributed by atoms with van der Waals surface area (Å²) in [4.78, 5) is 35.5. The van der Waals surface area contributed by atoms with Crippen molar-refractivity contribution in [1.29, 1.82) is 0 Å². The SMILES string of the molecule is CCOc1cc2c(cc1/C=C/C(=O)NNC(=O)C(=O)NCc1ccco1)O[C@@H](C)C2. The van der Waals surface area contributed by atoms with Gasteiger partial charge in [-0.05, 0) is 44.2 Å². The average molecular weight is 413 g/mol. The zero-order valence-electron chi connectivity index (χ0n) is 16.7. The van der Waals surface area contributed by atoms with E-state index in [0.717, 1.165) is 17.7 Å². The van der Waals surface area contributed by atoms with Crippen LogP contribution in [0, 0.1) is 0 Å². The molecule has 1 aromatic carbocycles. The summed E-state index contributed by atoms with van der Waals surface area (Å²) in [7, 11) is 0. The lowest BCUT2D eigenvalue weighted by Gasteiger charge is -2.10. The van der Waals surface area contributed by atoms with E-state index in [4.69, 9.17) is 13.9 Å². The van der Waals surface area contributed by atoms with Gasteiger partial charge in [0.05, 0.1) is 19.4 Å². The predicted molar refractivity (Wildman–Crippen MR) is 107 cm³/mol. The first-order chi connectivity index (χ1) is 14.5. The van der Waals surface area contributed by atoms with Gasteiger partial charge in [-0.25, -0.2) is 0 Å². The first-order valence-electron chi connectivity index (χ1n) is 9.51. The first-order valence-corrected chi connectivity index (χ1v) is 9.51. The van der Waals surface area contributed by atoms with Crippen molar-refractivity contribution in [2.24, 2.45) is 0 Å². The van der Waals surface area contributed by atoms with Crippen LogP contribution in [0.4, 0.5) is 0 Å². The van der Waals surface area contributed by atoms with Crippen LogP contribution in [0.3, 0.4) is 0 Å². The van der Waals surface area contributed by atoms with Gasteiger partial charge in [0, 0.05) is 23.6 Å². The molecule has 0 bridgehead atoms. The highest BCUT2D eigenvalue weighted by Crippen LogP contribution is 2.35. The van der Waals surface area contributed by atoms with Gasteiger partial charge in [-0.1, -0.05) is 0 Å². The summed E-state index contributed by atoms with van der Waals surface area (Å²) in [6, 6.07) is 7.05. The maximum Gasteiger partial charge on any atom is 0.327 e. The molecule has 0 saturated heterocycles. The number of carbonyl (C=O) groups is 3. The van der Waals surface area contributed by atoms with E-state index in [-0.39, 0.29) is 12.6 Å². The summed E-state index contributed by atoms with van der Waals surface area (Å²) in [5.41, 5.74) is 5.93. The molecule has 3 amide bonds. The molecule has 1 aliphatic heterocycles. The second kappa shape index (κ2) is 9.64. The van der Waals surface area contributed by atoms with Gasteiger partial charge in [-0.3, -0.25) is 25.2 Å². The number of amides is 3. The number of nitrogens with one attached hydrogen (secondary N) is 3. The summed E-state index contributed by atoms with van der Waals surface area (Å²) in [5.74, 6) is -0.621. The van der Waals surface area contributed by atoms with Crippen molar-refractivity contribution in [2.45, 2.75) is 32.9 Å². The quantitative estimate of drug-likeness (QED) is 0.375. The average Bonchev–Trinajstić information content (AvgIpc) is 3.37. The molecule has 1 aliphatic rings. The molecule has 3 N–H and O–H groups in total. The zero-order chi connectivity index (χ0) is 21.5. The number of hydrogen-bond acceptors (Lipinski definition) is 6. The highest BCUT2D eigenvalue weighted by atomic mass is 16.5. The molecule has 30 heavy (non-hydrogen) atoms. The molecule has 2 heterocycles. The van der Waals surface area contributed by atoms with Crippen molar-refractivity contribution in [3.05, 3.63) is 53.5 Å². The molecule has 158 valence electrons. The molecule has 0 fully saturated rings. The molecule has 0 unspecified atom stereocenters. The van der Waals surface area contributed by atoms with E-state index in [1.807, 2.05) is 31.4 Å². The maximum absolute atomic E-state index is 12.0. The Kier molecular flexibility index (Phi) is 6.74. The van der Waals surface area contributed by atoms with Crippen LogP contribution in [-0.2, 0) is 27.3 Å². The lowest BCUT2D eigenvalue weighted by atomic mass is 10.1. The number of ether oxygens (including phenoxy) is 2. The minimum absolute atomic E-state index is 0.0618. The van der Waals surface area contributed by atoms with Crippen LogP contribution < -0.4 is 25.6 Å². The van der Waals surface area contributed by atoms with Crippen LogP contribution in [0.5, 0.6) is 11.5 Å². The molecule has 0 saturated carbocycles. The Labute approximate surface area is 173 Å². The summed E-state index contributed by atoms with van der Waals surface area (Å²) in [6.45, 7) is 4.40. The van der Waals surface area contributed by atoms with Crippen molar-refractivity contribution >= 4 is 23.8 Å². The first kappa shape index (κ1) is 21.0. The lowest BCUT2D eigenvalue weighted by molar-refractivity contribution is -0.140. The van der Waals surface area contributed by atoms with E-state index < -0.39 is 17.7 Å². The largest absolute Gasteiger partial charge is 0.493 e. The lowest BCUT2D eigenvalue weighted by Crippen LogP contribution is -2.47. The Morgan fingerprint density at radius 1 is 1.23 bits per heavy atom. The Morgan fingerprint density at radius 2 is 2.07 bits per heavy atom. The Morgan fingerprint density at radius 3 is 2.80 bits per heavy atom. The fourth-order valence-electron chi connectivity index (χ4n) is 2.91. The normalized spacial score (nSPS) is 14.7. The van der Waals surface area contributed by atoms with Crippen LogP contribution in [0.2, 0.25) is 0 Å². The fraction of sp³-hybridized carbons (Fsp3) is 0.286. The monoisotopic (exact) mass is 413 g/mol. The molecule has 0 radical (unpaired) electrons. The molecule has 2 aromatic rings. The van der Waals surface area contributed by atoms with E-state index in [2.05, 4.69) is 10.7 Å². The van der Waals surface area contributed by atoms with E-state index in [0.29, 0.717) is 23.7 Å². The second-order valence-corrected chi connectivity index (χ2v) is 6.60. The van der Waals surface area contributed by atoms with Crippen LogP contribution in [0.25, 0.3) is 6.08 Å². The molecule has 0 aliphatic carbocycles. The zero-order valence-corrected chi connectivity index (χ0v) is 16.7. The Balaban J connectivity index is 1.53. The van der Waals surface area contributed by atoms with Crippen molar-refractivity contribution in [2.75, 3.05) is 6.61 Å². The standard InChI is InChI=1S/C21H23N3O6/c1-3-28-17-11-15-9-13(2)30-18(15)10-14(17)6-7-19(25)23-24-21(27)20(26)22-12-16-5-4-8-29-16/h4-8,10-11,13H,3,9,12H2,1-2H3,(H,22,26)(H,23,25)(H,24,27)/b7-6+/t13-/m0/s1. The molecule has 0 spiro atoms. The van der Waals surface area contributed by atoms with Crippen molar-refractivity contribution in [3.63, 3.8) is 0 Å². The minimum Gasteiger partial charge on any atom is -0.493 e. The van der Waals surface area contributed by atoms with Crippen molar-refractivity contribution in [3.8, 4) is 11.5 Å². The van der Waals surface area contributed by atoms with Crippen molar-refractivity contribution in [1.82, 2.24) is 16.2 Å². The third-order valence-corrected chi connectivity index (χ3v) is 4.25. The van der Waals surface area contributed by atoms with Crippen LogP contribution in [0.15, 0.2) is 41.0 Å². The predicted octanol–water partition coefficient (Wildman–Crippen LogP) is 1.48.